The molecule has 1 aliphatic heterocycles. The number of aryl methyl sites for hydroxylation is 1. The summed E-state index contributed by atoms with van der Waals surface area (Å²) >= 11 is 0. The van der Waals surface area contributed by atoms with Crippen molar-refractivity contribution in [3.8, 4) is 5.75 Å². The van der Waals surface area contributed by atoms with Crippen LogP contribution in [0, 0.1) is 6.92 Å². The molecule has 2 heterocycles. The monoisotopic (exact) mass is 424 g/mol. The first-order chi connectivity index (χ1) is 15.0. The van der Waals surface area contributed by atoms with Crippen LogP contribution in [-0.4, -0.2) is 62.8 Å². The molecule has 0 radical (unpaired) electrons. The molecule has 1 amide bonds. The summed E-state index contributed by atoms with van der Waals surface area (Å²) < 4.78 is 10.5. The number of nitrogens with one attached hydrogen (secondary N) is 2. The van der Waals surface area contributed by atoms with Crippen molar-refractivity contribution in [2.24, 2.45) is 0 Å². The normalized spacial score (nSPS) is 18.8. The van der Waals surface area contributed by atoms with Gasteiger partial charge in [-0.15, -0.1) is 0 Å². The number of rotatable bonds is 7. The summed E-state index contributed by atoms with van der Waals surface area (Å²) in [5, 5.41) is 6.40. The second-order valence-electron chi connectivity index (χ2n) is 8.58. The second kappa shape index (κ2) is 9.49. The number of ether oxygens (including phenoxy) is 1. The minimum absolute atomic E-state index is 0.195. The highest BCUT2D eigenvalue weighted by Crippen LogP contribution is 2.22. The molecule has 7 nitrogen and oxygen atoms in total. The molecule has 0 unspecified atom stereocenters. The highest BCUT2D eigenvalue weighted by molar-refractivity contribution is 5.84. The Kier molecular flexibility index (Phi) is 6.53. The van der Waals surface area contributed by atoms with Crippen molar-refractivity contribution >= 4 is 16.7 Å². The average molecular weight is 425 g/mol. The van der Waals surface area contributed by atoms with Gasteiger partial charge in [0.25, 0.3) is 5.91 Å². The number of quaternary nitrogens is 2. The molecule has 0 atom stereocenters. The van der Waals surface area contributed by atoms with Gasteiger partial charge in [-0.2, -0.15) is 0 Å². The third-order valence-corrected chi connectivity index (χ3v) is 6.13. The van der Waals surface area contributed by atoms with Crippen molar-refractivity contribution in [1.29, 1.82) is 0 Å². The van der Waals surface area contributed by atoms with Gasteiger partial charge < -0.3 is 24.0 Å². The van der Waals surface area contributed by atoms with E-state index in [0.29, 0.717) is 13.1 Å². The van der Waals surface area contributed by atoms with E-state index >= 15 is 0 Å². The highest BCUT2D eigenvalue weighted by Gasteiger charge is 2.26. The lowest BCUT2D eigenvalue weighted by molar-refractivity contribution is -1.02. The van der Waals surface area contributed by atoms with E-state index in [1.54, 1.807) is 7.11 Å². The van der Waals surface area contributed by atoms with E-state index in [-0.39, 0.29) is 5.91 Å². The van der Waals surface area contributed by atoms with Crippen molar-refractivity contribution in [2.75, 3.05) is 46.9 Å². The average Bonchev–Trinajstić information content (AvgIpc) is 3.19. The standard InChI is InChI=1S/C24H30N4O3/c1-18-12-22(25-31-18)16-27-8-10-28(11-9-27)17-24(29)26(2)15-19-4-5-21-14-23(30-3)7-6-20(21)13-19/h4-7,12-14H,8-11,15-17H2,1-3H3/p+2. The first-order valence-electron chi connectivity index (χ1n) is 10.9. The fourth-order valence-electron chi connectivity index (χ4n) is 4.28. The summed E-state index contributed by atoms with van der Waals surface area (Å²) in [7, 11) is 3.57. The summed E-state index contributed by atoms with van der Waals surface area (Å²) in [5.41, 5.74) is 2.15. The van der Waals surface area contributed by atoms with Crippen molar-refractivity contribution in [1.82, 2.24) is 10.1 Å². The van der Waals surface area contributed by atoms with E-state index in [0.717, 1.165) is 66.3 Å². The Hall–Kier alpha value is -2.90. The van der Waals surface area contributed by atoms with Gasteiger partial charge in [-0.3, -0.25) is 4.79 Å². The van der Waals surface area contributed by atoms with Gasteiger partial charge in [0.2, 0.25) is 0 Å². The van der Waals surface area contributed by atoms with E-state index in [1.807, 2.05) is 37.1 Å². The maximum atomic E-state index is 12.8. The Morgan fingerprint density at radius 2 is 1.77 bits per heavy atom. The Morgan fingerprint density at radius 1 is 1.06 bits per heavy atom. The van der Waals surface area contributed by atoms with Gasteiger partial charge >= 0.3 is 0 Å². The van der Waals surface area contributed by atoms with Gasteiger partial charge in [-0.25, -0.2) is 0 Å². The van der Waals surface area contributed by atoms with Crippen molar-refractivity contribution in [2.45, 2.75) is 20.0 Å². The van der Waals surface area contributed by atoms with Gasteiger partial charge in [-0.1, -0.05) is 23.4 Å². The van der Waals surface area contributed by atoms with Crippen LogP contribution >= 0.6 is 0 Å². The SMILES string of the molecule is COc1ccc2cc(CN(C)C(=O)C[NH+]3CC[NH+](Cc4cc(C)on4)CC3)ccc2c1. The van der Waals surface area contributed by atoms with Crippen LogP contribution < -0.4 is 14.5 Å². The lowest BCUT2D eigenvalue weighted by atomic mass is 10.1. The smallest absolute Gasteiger partial charge is 0.277 e. The number of piperazine rings is 1. The molecular formula is C24H32N4O3+2. The second-order valence-corrected chi connectivity index (χ2v) is 8.58. The molecule has 0 bridgehead atoms. The van der Waals surface area contributed by atoms with Gasteiger partial charge in [-0.05, 0) is 41.5 Å². The van der Waals surface area contributed by atoms with Gasteiger partial charge in [0.15, 0.2) is 6.54 Å². The summed E-state index contributed by atoms with van der Waals surface area (Å²) in [6.45, 7) is 8.10. The molecular weight excluding hydrogens is 392 g/mol. The van der Waals surface area contributed by atoms with E-state index in [4.69, 9.17) is 9.26 Å². The van der Waals surface area contributed by atoms with E-state index in [1.165, 1.54) is 9.80 Å². The van der Waals surface area contributed by atoms with Crippen molar-refractivity contribution < 1.29 is 23.9 Å². The van der Waals surface area contributed by atoms with Crippen LogP contribution in [0.2, 0.25) is 0 Å². The third kappa shape index (κ3) is 5.42. The summed E-state index contributed by atoms with van der Waals surface area (Å²) in [6, 6.07) is 14.4. The number of benzene rings is 2. The van der Waals surface area contributed by atoms with Crippen LogP contribution in [0.1, 0.15) is 17.0 Å². The molecule has 4 rings (SSSR count). The summed E-state index contributed by atoms with van der Waals surface area (Å²) in [4.78, 5) is 17.5. The third-order valence-electron chi connectivity index (χ3n) is 6.13. The predicted octanol–water partition coefficient (Wildman–Crippen LogP) is 0.0868. The summed E-state index contributed by atoms with van der Waals surface area (Å²) in [5.74, 6) is 1.91. The minimum Gasteiger partial charge on any atom is -0.497 e. The lowest BCUT2D eigenvalue weighted by Gasteiger charge is -2.30. The number of likely N-dealkylation sites (N-methyl/N-ethyl adjacent to an activating group) is 1. The van der Waals surface area contributed by atoms with Gasteiger partial charge in [0, 0.05) is 19.7 Å². The lowest BCUT2D eigenvalue weighted by Crippen LogP contribution is -3.28. The molecule has 1 saturated heterocycles. The summed E-state index contributed by atoms with van der Waals surface area (Å²) in [6.07, 6.45) is 0. The molecule has 31 heavy (non-hydrogen) atoms. The van der Waals surface area contributed by atoms with E-state index in [9.17, 15) is 4.79 Å². The van der Waals surface area contributed by atoms with Crippen LogP contribution in [0.15, 0.2) is 47.0 Å². The van der Waals surface area contributed by atoms with Crippen LogP contribution in [-0.2, 0) is 17.9 Å². The topological polar surface area (TPSA) is 64.4 Å². The number of carbonyl (C=O) groups excluding carboxylic acids is 1. The quantitative estimate of drug-likeness (QED) is 0.564. The first-order valence-corrected chi connectivity index (χ1v) is 10.9. The zero-order chi connectivity index (χ0) is 21.8. The van der Waals surface area contributed by atoms with Crippen LogP contribution in [0.3, 0.4) is 0 Å². The number of fused-ring (bicyclic) bond motifs is 1. The van der Waals surface area contributed by atoms with Crippen molar-refractivity contribution in [3.05, 3.63) is 59.5 Å². The molecule has 0 spiro atoms. The molecule has 1 aromatic heterocycles. The number of methoxy groups -OCH3 is 1. The Bertz CT molecular complexity index is 1040. The van der Waals surface area contributed by atoms with Crippen LogP contribution in [0.4, 0.5) is 0 Å². The van der Waals surface area contributed by atoms with E-state index < -0.39 is 0 Å². The van der Waals surface area contributed by atoms with Gasteiger partial charge in [0.05, 0.1) is 7.11 Å². The number of hydrogen-bond acceptors (Lipinski definition) is 4. The number of amides is 1. The number of carbonyl (C=O) groups is 1. The van der Waals surface area contributed by atoms with Crippen LogP contribution in [0.5, 0.6) is 5.75 Å². The van der Waals surface area contributed by atoms with Crippen LogP contribution in [0.25, 0.3) is 10.8 Å². The first kappa shape index (κ1) is 21.3. The molecule has 2 aromatic carbocycles. The molecule has 7 heteroatoms. The minimum atomic E-state index is 0.195. The largest absolute Gasteiger partial charge is 0.497 e. The van der Waals surface area contributed by atoms with Crippen molar-refractivity contribution in [3.63, 3.8) is 0 Å². The molecule has 164 valence electrons. The molecule has 0 aliphatic carbocycles. The predicted molar refractivity (Wildman–Crippen MR) is 118 cm³/mol. The Balaban J connectivity index is 1.26. The molecule has 1 aliphatic rings. The number of hydrogen-bond donors (Lipinski definition) is 2. The fourth-order valence-corrected chi connectivity index (χ4v) is 4.28. The molecule has 2 N–H and O–H groups in total. The number of nitrogens with zero attached hydrogens (tertiary/aromatic N) is 2. The zero-order valence-corrected chi connectivity index (χ0v) is 18.6. The van der Waals surface area contributed by atoms with E-state index in [2.05, 4.69) is 29.4 Å². The Labute approximate surface area is 183 Å². The molecule has 0 saturated carbocycles. The highest BCUT2D eigenvalue weighted by atomic mass is 16.5. The maximum absolute atomic E-state index is 12.8. The fraction of sp³-hybridized carbons (Fsp3) is 0.417. The molecule has 1 fully saturated rings. The Morgan fingerprint density at radius 3 is 2.48 bits per heavy atom. The number of aromatic nitrogens is 1. The zero-order valence-electron chi connectivity index (χ0n) is 18.6. The maximum Gasteiger partial charge on any atom is 0.277 e. The molecule has 3 aromatic rings. The van der Waals surface area contributed by atoms with Gasteiger partial charge in [0.1, 0.15) is 49.9 Å².